The summed E-state index contributed by atoms with van der Waals surface area (Å²) in [6, 6.07) is 12.8. The fraction of sp³-hybridized carbons (Fsp3) is 0.292. The van der Waals surface area contributed by atoms with Gasteiger partial charge in [0.25, 0.3) is 5.91 Å². The molecular formula is C24H25N3O4. The molecule has 0 saturated heterocycles. The van der Waals surface area contributed by atoms with Gasteiger partial charge in [0.1, 0.15) is 17.6 Å². The van der Waals surface area contributed by atoms with E-state index in [2.05, 4.69) is 25.2 Å². The molecule has 2 heterocycles. The average molecular weight is 419 g/mol. The van der Waals surface area contributed by atoms with E-state index in [1.54, 1.807) is 29.0 Å². The molecule has 0 bridgehead atoms. The fourth-order valence-corrected chi connectivity index (χ4v) is 3.27. The normalized spacial score (nSPS) is 10.7. The summed E-state index contributed by atoms with van der Waals surface area (Å²) in [4.78, 5) is 24.8. The highest BCUT2D eigenvalue weighted by atomic mass is 16.5. The van der Waals surface area contributed by atoms with Crippen LogP contribution < -0.4 is 5.32 Å². The second-order valence-electron chi connectivity index (χ2n) is 7.61. The van der Waals surface area contributed by atoms with Crippen LogP contribution in [0.25, 0.3) is 0 Å². The Hall–Kier alpha value is -3.79. The minimum Gasteiger partial charge on any atom is -0.467 e. The molecular weight excluding hydrogens is 394 g/mol. The molecule has 0 radical (unpaired) electrons. The van der Waals surface area contributed by atoms with E-state index in [4.69, 9.17) is 9.15 Å². The Morgan fingerprint density at radius 2 is 1.90 bits per heavy atom. The number of benzene rings is 1. The first-order valence-electron chi connectivity index (χ1n) is 10.0. The fourth-order valence-electron chi connectivity index (χ4n) is 3.27. The van der Waals surface area contributed by atoms with Gasteiger partial charge in [-0.15, -0.1) is 0 Å². The molecule has 0 atom stereocenters. The van der Waals surface area contributed by atoms with Crippen LogP contribution in [-0.4, -0.2) is 23.1 Å². The zero-order valence-electron chi connectivity index (χ0n) is 18.1. The van der Waals surface area contributed by atoms with Gasteiger partial charge in [-0.05, 0) is 55.2 Å². The van der Waals surface area contributed by atoms with Gasteiger partial charge in [0.05, 0.1) is 23.9 Å². The highest BCUT2D eigenvalue weighted by Crippen LogP contribution is 2.27. The Labute approximate surface area is 181 Å². The number of hydrogen-bond acceptors (Lipinski definition) is 5. The number of carbonyl (C=O) groups excluding carboxylic acids is 2. The third-order valence-electron chi connectivity index (χ3n) is 5.24. The van der Waals surface area contributed by atoms with Crippen molar-refractivity contribution < 1.29 is 18.7 Å². The average Bonchev–Trinajstić information content (AvgIpc) is 3.35. The Morgan fingerprint density at radius 1 is 1.19 bits per heavy atom. The van der Waals surface area contributed by atoms with Crippen molar-refractivity contribution in [3.05, 3.63) is 76.4 Å². The van der Waals surface area contributed by atoms with Gasteiger partial charge in [-0.25, -0.2) is 4.79 Å². The third kappa shape index (κ3) is 4.86. The van der Waals surface area contributed by atoms with Crippen molar-refractivity contribution in [2.45, 2.75) is 40.2 Å². The summed E-state index contributed by atoms with van der Waals surface area (Å²) in [6.45, 7) is 7.73. The lowest BCUT2D eigenvalue weighted by Crippen LogP contribution is -2.23. The Balaban J connectivity index is 1.70. The molecule has 0 unspecified atom stereocenters. The van der Waals surface area contributed by atoms with E-state index in [0.717, 1.165) is 16.8 Å². The molecule has 0 aliphatic heterocycles. The molecule has 1 amide bonds. The van der Waals surface area contributed by atoms with E-state index in [1.807, 2.05) is 32.0 Å². The van der Waals surface area contributed by atoms with Crippen LogP contribution in [0, 0.1) is 25.2 Å². The Bertz CT molecular complexity index is 1120. The summed E-state index contributed by atoms with van der Waals surface area (Å²) < 4.78 is 12.4. The van der Waals surface area contributed by atoms with Crippen LogP contribution in [0.15, 0.2) is 47.1 Å². The molecule has 7 heteroatoms. The Kier molecular flexibility index (Phi) is 6.61. The number of rotatable bonds is 7. The number of nitriles is 1. The zero-order valence-corrected chi connectivity index (χ0v) is 18.1. The van der Waals surface area contributed by atoms with Gasteiger partial charge in [0.2, 0.25) is 0 Å². The van der Waals surface area contributed by atoms with Gasteiger partial charge in [-0.3, -0.25) is 4.79 Å². The number of ether oxygens (including phenoxy) is 1. The molecule has 2 aromatic heterocycles. The first-order chi connectivity index (χ1) is 14.8. The van der Waals surface area contributed by atoms with Crippen molar-refractivity contribution in [2.24, 2.45) is 0 Å². The number of nitrogens with one attached hydrogen (secondary N) is 1. The van der Waals surface area contributed by atoms with E-state index in [1.165, 1.54) is 0 Å². The maximum atomic E-state index is 12.5. The number of nitrogens with zero attached hydrogens (tertiary/aromatic N) is 2. The van der Waals surface area contributed by atoms with Crippen LogP contribution >= 0.6 is 0 Å². The molecule has 0 fully saturated rings. The number of amides is 1. The largest absolute Gasteiger partial charge is 0.467 e. The molecule has 160 valence electrons. The molecule has 1 N–H and O–H groups in total. The monoisotopic (exact) mass is 419 g/mol. The number of aromatic nitrogens is 1. The van der Waals surface area contributed by atoms with Gasteiger partial charge < -0.3 is 19.0 Å². The first kappa shape index (κ1) is 21.9. The molecule has 31 heavy (non-hydrogen) atoms. The number of carbonyl (C=O) groups is 2. The molecule has 3 rings (SSSR count). The molecule has 7 nitrogen and oxygen atoms in total. The maximum absolute atomic E-state index is 12.5. The van der Waals surface area contributed by atoms with E-state index in [-0.39, 0.29) is 0 Å². The van der Waals surface area contributed by atoms with Gasteiger partial charge >= 0.3 is 5.97 Å². The van der Waals surface area contributed by atoms with Crippen LogP contribution in [-0.2, 0) is 16.1 Å². The minimum absolute atomic E-state index is 0.356. The van der Waals surface area contributed by atoms with Crippen LogP contribution in [0.1, 0.15) is 58.3 Å². The molecule has 0 aliphatic rings. The van der Waals surface area contributed by atoms with Gasteiger partial charge in [0.15, 0.2) is 6.61 Å². The molecule has 3 aromatic rings. The van der Waals surface area contributed by atoms with Crippen LogP contribution in [0.2, 0.25) is 0 Å². The maximum Gasteiger partial charge on any atom is 0.338 e. The van der Waals surface area contributed by atoms with Crippen molar-refractivity contribution in [2.75, 3.05) is 11.9 Å². The van der Waals surface area contributed by atoms with E-state index in [9.17, 15) is 14.9 Å². The predicted molar refractivity (Wildman–Crippen MR) is 116 cm³/mol. The quantitative estimate of drug-likeness (QED) is 0.567. The summed E-state index contributed by atoms with van der Waals surface area (Å²) in [5.74, 6) is 0.297. The number of hydrogen-bond donors (Lipinski definition) is 1. The lowest BCUT2D eigenvalue weighted by Gasteiger charge is -2.12. The first-order valence-corrected chi connectivity index (χ1v) is 10.0. The lowest BCUT2D eigenvalue weighted by molar-refractivity contribution is -0.119. The van der Waals surface area contributed by atoms with E-state index >= 15 is 0 Å². The number of esters is 1. The summed E-state index contributed by atoms with van der Waals surface area (Å²) in [7, 11) is 0. The van der Waals surface area contributed by atoms with E-state index in [0.29, 0.717) is 35.2 Å². The summed E-state index contributed by atoms with van der Waals surface area (Å²) in [5.41, 5.74) is 3.47. The Morgan fingerprint density at radius 3 is 2.48 bits per heavy atom. The van der Waals surface area contributed by atoms with Gasteiger partial charge in [-0.1, -0.05) is 26.0 Å². The topological polar surface area (TPSA) is 97.3 Å². The van der Waals surface area contributed by atoms with Gasteiger partial charge in [0, 0.05) is 5.69 Å². The van der Waals surface area contributed by atoms with E-state index < -0.39 is 18.5 Å². The van der Waals surface area contributed by atoms with Crippen molar-refractivity contribution in [1.82, 2.24) is 4.57 Å². The van der Waals surface area contributed by atoms with Crippen LogP contribution in [0.3, 0.4) is 0 Å². The summed E-state index contributed by atoms with van der Waals surface area (Å²) in [5, 5.41) is 12.3. The van der Waals surface area contributed by atoms with Crippen molar-refractivity contribution in [3.8, 4) is 6.07 Å². The third-order valence-corrected chi connectivity index (χ3v) is 5.24. The number of anilines is 1. The lowest BCUT2D eigenvalue weighted by atomic mass is 10.0. The minimum atomic E-state index is -0.579. The van der Waals surface area contributed by atoms with Crippen LogP contribution in [0.5, 0.6) is 0 Å². The van der Waals surface area contributed by atoms with Gasteiger partial charge in [-0.2, -0.15) is 5.26 Å². The predicted octanol–water partition coefficient (Wildman–Crippen LogP) is 4.54. The standard InChI is InChI=1S/C24H25N3O4/c1-15(2)18-7-9-19(10-8-18)24(29)31-14-22(28)26-23-21(12-25)16(3)17(4)27(23)13-20-6-5-11-30-20/h5-11,15H,13-14H2,1-4H3,(H,26,28). The SMILES string of the molecule is Cc1c(C#N)c(NC(=O)COC(=O)c2ccc(C(C)C)cc2)n(Cc2ccco2)c1C. The van der Waals surface area contributed by atoms with Crippen molar-refractivity contribution in [3.63, 3.8) is 0 Å². The summed E-state index contributed by atoms with van der Waals surface area (Å²) in [6.07, 6.45) is 1.57. The molecule has 0 saturated carbocycles. The molecule has 0 aliphatic carbocycles. The van der Waals surface area contributed by atoms with Crippen LogP contribution in [0.4, 0.5) is 5.82 Å². The summed E-state index contributed by atoms with van der Waals surface area (Å²) >= 11 is 0. The van der Waals surface area contributed by atoms with Crippen molar-refractivity contribution in [1.29, 1.82) is 5.26 Å². The second-order valence-corrected chi connectivity index (χ2v) is 7.61. The second kappa shape index (κ2) is 9.35. The molecule has 1 aromatic carbocycles. The zero-order chi connectivity index (χ0) is 22.5. The van der Waals surface area contributed by atoms with Crippen molar-refractivity contribution >= 4 is 17.7 Å². The molecule has 0 spiro atoms. The smallest absolute Gasteiger partial charge is 0.338 e. The number of furan rings is 1. The highest BCUT2D eigenvalue weighted by Gasteiger charge is 2.21. The highest BCUT2D eigenvalue weighted by molar-refractivity contribution is 5.96.